The van der Waals surface area contributed by atoms with E-state index in [4.69, 9.17) is 4.74 Å². The molecule has 0 aliphatic heterocycles. The molecule has 598 valence electrons. The lowest BCUT2D eigenvalue weighted by Gasteiger charge is -2.16. The van der Waals surface area contributed by atoms with Gasteiger partial charge in [-0.05, 0) is 303 Å². The van der Waals surface area contributed by atoms with Gasteiger partial charge in [0.1, 0.15) is 6.10 Å². The third-order valence-electron chi connectivity index (χ3n) is 16.7. The van der Waals surface area contributed by atoms with Crippen molar-refractivity contribution < 1.29 is 29.6 Å². The van der Waals surface area contributed by atoms with Gasteiger partial charge >= 0.3 is 5.97 Å². The number of ether oxygens (including phenoxy) is 1. The van der Waals surface area contributed by atoms with Crippen molar-refractivity contribution in [3.8, 4) is 0 Å². The Balaban J connectivity index is -0.000000287. The van der Waals surface area contributed by atoms with Crippen LogP contribution in [-0.4, -0.2) is 51.5 Å². The van der Waals surface area contributed by atoms with Crippen molar-refractivity contribution >= 4 is 11.8 Å². The van der Waals surface area contributed by atoms with Gasteiger partial charge in [-0.3, -0.25) is 9.59 Å². The van der Waals surface area contributed by atoms with E-state index in [0.29, 0.717) is 25.7 Å². The number of hydrogen-bond donors (Lipinski definition) is 3. The van der Waals surface area contributed by atoms with E-state index in [2.05, 4.69) is 237 Å². The standard InChI is InChI=1S/C19H28O.C18H28O2.3C16H26O.C16H24/c1-14(2)11-12-19(20)18(7)13-16(5)9-8-10-17(6)15(3)4;1-13(2)11-12-18(20-17(7)19)16(6)10-8-9-15(5)14(3)4;3*1-12(2)10-11-16(17)15(6)9-7-8-14(5)13(3)4;1-13(2)9-7-10-15(5)11-8-12-16(6)14(3)4/h8-11,13H,12H2,1-7H3;8-11,18H,12H2,1-7H3;3*7-10,16-17H,11H2,1-6H3;7-12H,1-6H3/b10-8+,16-9+,18-13+;9-8+,16-10+;3*8-7+,15-9+;10-7-,12-8+,15-11+/t;18-;16-;;;/m.00.../s1. The van der Waals surface area contributed by atoms with Gasteiger partial charge in [-0.2, -0.15) is 0 Å². The zero-order valence-corrected chi connectivity index (χ0v) is 75.5. The van der Waals surface area contributed by atoms with Gasteiger partial charge in [0.25, 0.3) is 0 Å². The second-order valence-corrected chi connectivity index (χ2v) is 30.8. The summed E-state index contributed by atoms with van der Waals surface area (Å²) in [6.07, 6.45) is 57.3. The maximum atomic E-state index is 11.9. The molecule has 2 unspecified atom stereocenters. The Kier molecular flexibility index (Phi) is 68.4. The molecule has 4 atom stereocenters. The average Bonchev–Trinajstić information content (AvgIpc) is 0.936. The topological polar surface area (TPSA) is 104 Å². The number of aliphatic hydroxyl groups excluding tert-OH is 3. The summed E-state index contributed by atoms with van der Waals surface area (Å²) in [5.41, 5.74) is 30.3. The first kappa shape index (κ1) is 110. The SMILES string of the molecule is CC(=O)O[C@@H](CC=C(C)C)/C(C)=C/C=C/C(C)=C(C)C.CC(C)=CCC(=O)/C(C)=C/C(C)=C/C=C/C(C)=C(C)C.CC(C)=CCC(O)/C(C)=C/C=C/C(C)=C(C)C.CC(C)=CCC(O)/C(C)=C/C=C/C(C)=C(C)C.CC(C)=CC[C@H](O)/C(C)=C/C=C/C(C)=C(C)C.CC(C)=C\C=C/C(C)=C/C=C/C(C)=C(C)C. The van der Waals surface area contributed by atoms with Crippen LogP contribution in [0.15, 0.2) is 303 Å². The highest BCUT2D eigenvalue weighted by Gasteiger charge is 2.12. The smallest absolute Gasteiger partial charge is 0.303 e. The number of rotatable bonds is 31. The van der Waals surface area contributed by atoms with Gasteiger partial charge in [0.05, 0.1) is 18.3 Å². The molecule has 0 spiro atoms. The van der Waals surface area contributed by atoms with E-state index in [9.17, 15) is 24.9 Å². The fourth-order valence-corrected chi connectivity index (χ4v) is 7.35. The quantitative estimate of drug-likeness (QED) is 0.0277. The van der Waals surface area contributed by atoms with Gasteiger partial charge < -0.3 is 20.1 Å². The third kappa shape index (κ3) is 73.6. The molecule has 0 aliphatic carbocycles. The number of hydrogen-bond acceptors (Lipinski definition) is 6. The number of carbonyl (C=O) groups is 2. The average molecular weight is 1470 g/mol. The molecule has 107 heavy (non-hydrogen) atoms. The zero-order chi connectivity index (χ0) is 84.2. The van der Waals surface area contributed by atoms with E-state index < -0.39 is 0 Å². The van der Waals surface area contributed by atoms with Gasteiger partial charge in [0.15, 0.2) is 5.78 Å². The summed E-state index contributed by atoms with van der Waals surface area (Å²) in [6.45, 7) is 77.7. The van der Waals surface area contributed by atoms with Gasteiger partial charge in [-0.25, -0.2) is 0 Å². The van der Waals surface area contributed by atoms with Crippen molar-refractivity contribution in [1.29, 1.82) is 0 Å². The van der Waals surface area contributed by atoms with Crippen LogP contribution in [0, 0.1) is 0 Å². The molecule has 0 rings (SSSR count). The number of esters is 1. The molecule has 0 heterocycles. The molecule has 0 fully saturated rings. The Labute approximate surface area is 660 Å². The third-order valence-corrected chi connectivity index (χ3v) is 16.7. The lowest BCUT2D eigenvalue weighted by Crippen LogP contribution is -2.17. The van der Waals surface area contributed by atoms with E-state index in [1.54, 1.807) is 0 Å². The van der Waals surface area contributed by atoms with Crippen LogP contribution in [0.1, 0.15) is 295 Å². The molecule has 0 saturated heterocycles. The molecule has 0 bridgehead atoms. The molecule has 6 nitrogen and oxygen atoms in total. The van der Waals surface area contributed by atoms with Crippen LogP contribution in [-0.2, 0) is 14.3 Å². The van der Waals surface area contributed by atoms with Crippen LogP contribution < -0.4 is 0 Å². The van der Waals surface area contributed by atoms with Crippen LogP contribution in [0.3, 0.4) is 0 Å². The van der Waals surface area contributed by atoms with Crippen LogP contribution in [0.2, 0.25) is 0 Å². The second-order valence-electron chi connectivity index (χ2n) is 30.8. The molecule has 0 radical (unpaired) electrons. The monoisotopic (exact) mass is 1470 g/mol. The molecular weight excluding hydrogens is 1310 g/mol. The molecule has 0 aromatic heterocycles. The first-order valence-corrected chi connectivity index (χ1v) is 38.3. The Bertz CT molecular complexity index is 3350. The van der Waals surface area contributed by atoms with Crippen molar-refractivity contribution in [3.05, 3.63) is 303 Å². The first-order valence-electron chi connectivity index (χ1n) is 38.3. The minimum Gasteiger partial charge on any atom is -0.458 e. The van der Waals surface area contributed by atoms with Crippen molar-refractivity contribution in [2.75, 3.05) is 0 Å². The van der Waals surface area contributed by atoms with Crippen LogP contribution in [0.4, 0.5) is 0 Å². The Hall–Kier alpha value is -7.74. The predicted molar refractivity (Wildman–Crippen MR) is 483 cm³/mol. The number of Topliss-reactive ketones (excluding diaryl/α,β-unsaturated/α-hetero) is 1. The molecule has 0 saturated carbocycles. The summed E-state index contributed by atoms with van der Waals surface area (Å²) in [5.74, 6) is -0.0576. The number of aliphatic hydroxyl groups is 3. The molecule has 0 amide bonds. The van der Waals surface area contributed by atoms with Gasteiger partial charge in [0.2, 0.25) is 0 Å². The minimum absolute atomic E-state index is 0.181. The first-order chi connectivity index (χ1) is 49.4. The van der Waals surface area contributed by atoms with Crippen molar-refractivity contribution in [2.24, 2.45) is 0 Å². The fraction of sp³-hybridized carbons (Fsp3) is 0.465. The number of allylic oxidation sites excluding steroid dienone is 44. The molecule has 3 N–H and O–H groups in total. The summed E-state index contributed by atoms with van der Waals surface area (Å²) < 4.78 is 5.37. The molecule has 0 aliphatic rings. The largest absolute Gasteiger partial charge is 0.458 e. The van der Waals surface area contributed by atoms with E-state index in [1.807, 2.05) is 184 Å². The summed E-state index contributed by atoms with van der Waals surface area (Å²) in [5, 5.41) is 29.6. The lowest BCUT2D eigenvalue weighted by molar-refractivity contribution is -0.144. The predicted octanol–water partition coefficient (Wildman–Crippen LogP) is 29.9. The molecule has 0 aromatic rings. The Morgan fingerprint density at radius 3 is 0.766 bits per heavy atom. The lowest BCUT2D eigenvalue weighted by atomic mass is 10.1. The summed E-state index contributed by atoms with van der Waals surface area (Å²) >= 11 is 0. The van der Waals surface area contributed by atoms with Gasteiger partial charge in [0, 0.05) is 19.8 Å². The molecule has 6 heteroatoms. The van der Waals surface area contributed by atoms with Crippen molar-refractivity contribution in [3.63, 3.8) is 0 Å². The summed E-state index contributed by atoms with van der Waals surface area (Å²) in [7, 11) is 0. The van der Waals surface area contributed by atoms with Crippen LogP contribution >= 0.6 is 0 Å². The highest BCUT2D eigenvalue weighted by atomic mass is 16.5. The zero-order valence-electron chi connectivity index (χ0n) is 75.5. The van der Waals surface area contributed by atoms with Crippen LogP contribution in [0.5, 0.6) is 0 Å². The Morgan fingerprint density at radius 1 is 0.271 bits per heavy atom. The van der Waals surface area contributed by atoms with Crippen LogP contribution in [0.25, 0.3) is 0 Å². The molecule has 0 aromatic carbocycles. The Morgan fingerprint density at radius 2 is 0.514 bits per heavy atom. The van der Waals surface area contributed by atoms with Crippen molar-refractivity contribution in [1.82, 2.24) is 0 Å². The highest BCUT2D eigenvalue weighted by Crippen LogP contribution is 2.17. The van der Waals surface area contributed by atoms with E-state index in [-0.39, 0.29) is 36.2 Å². The maximum Gasteiger partial charge on any atom is 0.303 e. The number of carbonyl (C=O) groups excluding carboxylic acids is 2. The molecular formula is C101H158O6. The summed E-state index contributed by atoms with van der Waals surface area (Å²) in [6, 6.07) is 0. The fourth-order valence-electron chi connectivity index (χ4n) is 7.35. The highest BCUT2D eigenvalue weighted by molar-refractivity contribution is 5.96. The maximum absolute atomic E-state index is 11.9. The number of ketones is 1. The van der Waals surface area contributed by atoms with Gasteiger partial charge in [-0.15, -0.1) is 0 Å². The normalized spacial score (nSPS) is 13.1. The second kappa shape index (κ2) is 66.5. The van der Waals surface area contributed by atoms with Gasteiger partial charge in [-0.1, -0.05) is 276 Å². The summed E-state index contributed by atoms with van der Waals surface area (Å²) in [4.78, 5) is 23.1. The van der Waals surface area contributed by atoms with E-state index in [1.165, 1.54) is 113 Å². The van der Waals surface area contributed by atoms with E-state index >= 15 is 0 Å². The minimum atomic E-state index is -0.374. The van der Waals surface area contributed by atoms with E-state index in [0.717, 1.165) is 39.9 Å². The van der Waals surface area contributed by atoms with Crippen molar-refractivity contribution in [2.45, 2.75) is 320 Å².